The summed E-state index contributed by atoms with van der Waals surface area (Å²) >= 11 is 0. The van der Waals surface area contributed by atoms with E-state index in [0.717, 1.165) is 19.3 Å². The fourth-order valence-corrected chi connectivity index (χ4v) is 3.00. The van der Waals surface area contributed by atoms with Crippen molar-refractivity contribution in [2.45, 2.75) is 115 Å². The van der Waals surface area contributed by atoms with Gasteiger partial charge in [0, 0.05) is 6.42 Å². The van der Waals surface area contributed by atoms with Gasteiger partial charge in [0.1, 0.15) is 24.4 Å². The smallest absolute Gasteiger partial charge is 0.164 e. The molecule has 0 saturated carbocycles. The van der Waals surface area contributed by atoms with Crippen LogP contribution in [0, 0.1) is 0 Å². The molecule has 0 aromatic rings. The molecule has 0 bridgehead atoms. The summed E-state index contributed by atoms with van der Waals surface area (Å²) in [5.74, 6) is -0.547. The number of unbranched alkanes of at least 4 members (excludes halogenated alkanes) is 11. The number of rotatable bonds is 18. The first-order valence-electron chi connectivity index (χ1n) is 10.3. The molecular formula is C20H40O6. The summed E-state index contributed by atoms with van der Waals surface area (Å²) in [6, 6.07) is 0. The summed E-state index contributed by atoms with van der Waals surface area (Å²) in [5.41, 5.74) is 0. The SMILES string of the molecule is CCCCCCCCCCCCCCC(=O)[C@H](O)[C@@H](O)[C@@H](O)[C@H](O)CO. The molecule has 0 aromatic carbocycles. The third kappa shape index (κ3) is 12.0. The second kappa shape index (κ2) is 16.6. The molecule has 5 N–H and O–H groups in total. The predicted molar refractivity (Wildman–Crippen MR) is 102 cm³/mol. The average Bonchev–Trinajstić information content (AvgIpc) is 2.66. The van der Waals surface area contributed by atoms with E-state index in [1.54, 1.807) is 0 Å². The fourth-order valence-electron chi connectivity index (χ4n) is 3.00. The predicted octanol–water partition coefficient (Wildman–Crippen LogP) is 2.08. The van der Waals surface area contributed by atoms with Crippen LogP contribution in [-0.2, 0) is 4.79 Å². The van der Waals surface area contributed by atoms with Crippen molar-refractivity contribution >= 4 is 5.78 Å². The largest absolute Gasteiger partial charge is 0.394 e. The van der Waals surface area contributed by atoms with Crippen LogP contribution in [0.25, 0.3) is 0 Å². The number of aliphatic hydroxyl groups is 5. The lowest BCUT2D eigenvalue weighted by Gasteiger charge is -2.24. The number of Topliss-reactive ketones (excluding diaryl/α,β-unsaturated/α-hetero) is 1. The third-order valence-corrected chi connectivity index (χ3v) is 4.86. The molecule has 0 spiro atoms. The van der Waals surface area contributed by atoms with Gasteiger partial charge >= 0.3 is 0 Å². The minimum atomic E-state index is -1.79. The molecule has 0 saturated heterocycles. The highest BCUT2D eigenvalue weighted by atomic mass is 16.4. The fraction of sp³-hybridized carbons (Fsp3) is 0.950. The summed E-state index contributed by atoms with van der Waals surface area (Å²) < 4.78 is 0. The second-order valence-corrected chi connectivity index (χ2v) is 7.28. The van der Waals surface area contributed by atoms with Crippen LogP contribution in [0.4, 0.5) is 0 Å². The first-order chi connectivity index (χ1) is 12.5. The average molecular weight is 377 g/mol. The molecular weight excluding hydrogens is 336 g/mol. The molecule has 156 valence electrons. The normalized spacial score (nSPS) is 16.2. The van der Waals surface area contributed by atoms with Gasteiger partial charge in [-0.2, -0.15) is 0 Å². The lowest BCUT2D eigenvalue weighted by Crippen LogP contribution is -2.48. The first-order valence-corrected chi connectivity index (χ1v) is 10.3. The minimum Gasteiger partial charge on any atom is -0.394 e. The van der Waals surface area contributed by atoms with Crippen LogP contribution in [0.15, 0.2) is 0 Å². The summed E-state index contributed by atoms with van der Waals surface area (Å²) in [6.07, 6.45) is 7.42. The van der Waals surface area contributed by atoms with E-state index in [2.05, 4.69) is 6.92 Å². The maximum Gasteiger partial charge on any atom is 0.164 e. The zero-order valence-electron chi connectivity index (χ0n) is 16.4. The minimum absolute atomic E-state index is 0.137. The molecule has 0 unspecified atom stereocenters. The summed E-state index contributed by atoms with van der Waals surface area (Å²) in [4.78, 5) is 11.8. The molecule has 0 aromatic heterocycles. The van der Waals surface area contributed by atoms with Gasteiger partial charge in [-0.25, -0.2) is 0 Å². The van der Waals surface area contributed by atoms with Crippen molar-refractivity contribution in [3.05, 3.63) is 0 Å². The third-order valence-electron chi connectivity index (χ3n) is 4.86. The summed E-state index contributed by atoms with van der Waals surface area (Å²) in [5, 5.41) is 46.8. The second-order valence-electron chi connectivity index (χ2n) is 7.28. The Kier molecular flexibility index (Phi) is 16.3. The molecule has 0 rings (SSSR count). The molecule has 6 nitrogen and oxygen atoms in total. The zero-order chi connectivity index (χ0) is 19.8. The van der Waals surface area contributed by atoms with Crippen molar-refractivity contribution in [2.24, 2.45) is 0 Å². The van der Waals surface area contributed by atoms with E-state index in [-0.39, 0.29) is 6.42 Å². The molecule has 26 heavy (non-hydrogen) atoms. The van der Waals surface area contributed by atoms with Gasteiger partial charge in [0.15, 0.2) is 5.78 Å². The van der Waals surface area contributed by atoms with E-state index in [4.69, 9.17) is 5.11 Å². The Morgan fingerprint density at radius 1 is 0.692 bits per heavy atom. The number of aliphatic hydroxyl groups excluding tert-OH is 5. The van der Waals surface area contributed by atoms with E-state index in [1.165, 1.54) is 51.4 Å². The van der Waals surface area contributed by atoms with Gasteiger partial charge in [-0.15, -0.1) is 0 Å². The highest BCUT2D eigenvalue weighted by molar-refractivity contribution is 5.83. The van der Waals surface area contributed by atoms with Gasteiger partial charge in [0.05, 0.1) is 6.61 Å². The molecule has 0 radical (unpaired) electrons. The lowest BCUT2D eigenvalue weighted by molar-refractivity contribution is -0.147. The van der Waals surface area contributed by atoms with E-state index < -0.39 is 36.8 Å². The van der Waals surface area contributed by atoms with Crippen molar-refractivity contribution in [3.63, 3.8) is 0 Å². The first kappa shape index (κ1) is 25.5. The zero-order valence-corrected chi connectivity index (χ0v) is 16.4. The van der Waals surface area contributed by atoms with Crippen LogP contribution in [-0.4, -0.2) is 62.3 Å². The molecule has 0 aliphatic heterocycles. The van der Waals surface area contributed by atoms with E-state index in [0.29, 0.717) is 6.42 Å². The van der Waals surface area contributed by atoms with Crippen LogP contribution < -0.4 is 0 Å². The van der Waals surface area contributed by atoms with Gasteiger partial charge in [-0.05, 0) is 6.42 Å². The van der Waals surface area contributed by atoms with E-state index in [1.807, 2.05) is 0 Å². The highest BCUT2D eigenvalue weighted by Gasteiger charge is 2.33. The number of ketones is 1. The Morgan fingerprint density at radius 2 is 1.12 bits per heavy atom. The summed E-state index contributed by atoms with van der Waals surface area (Å²) in [7, 11) is 0. The quantitative estimate of drug-likeness (QED) is 0.234. The Labute approximate surface area is 158 Å². The van der Waals surface area contributed by atoms with E-state index >= 15 is 0 Å². The Bertz CT molecular complexity index is 336. The maximum atomic E-state index is 11.8. The van der Waals surface area contributed by atoms with Crippen LogP contribution in [0.2, 0.25) is 0 Å². The van der Waals surface area contributed by atoms with Crippen LogP contribution in [0.1, 0.15) is 90.4 Å². The Hall–Kier alpha value is -0.530. The van der Waals surface area contributed by atoms with Crippen molar-refractivity contribution in [2.75, 3.05) is 6.61 Å². The van der Waals surface area contributed by atoms with Gasteiger partial charge in [-0.3, -0.25) is 4.79 Å². The van der Waals surface area contributed by atoms with Crippen molar-refractivity contribution in [3.8, 4) is 0 Å². The molecule has 0 aliphatic rings. The van der Waals surface area contributed by atoms with Crippen LogP contribution in [0.5, 0.6) is 0 Å². The molecule has 4 atom stereocenters. The van der Waals surface area contributed by atoms with Crippen LogP contribution in [0.3, 0.4) is 0 Å². The lowest BCUT2D eigenvalue weighted by atomic mass is 9.97. The highest BCUT2D eigenvalue weighted by Crippen LogP contribution is 2.14. The van der Waals surface area contributed by atoms with Gasteiger partial charge in [-0.1, -0.05) is 77.6 Å². The van der Waals surface area contributed by atoms with Crippen molar-refractivity contribution in [1.82, 2.24) is 0 Å². The molecule has 0 aliphatic carbocycles. The Morgan fingerprint density at radius 3 is 1.54 bits per heavy atom. The molecule has 0 heterocycles. The van der Waals surface area contributed by atoms with Crippen molar-refractivity contribution in [1.29, 1.82) is 0 Å². The van der Waals surface area contributed by atoms with Gasteiger partial charge in [0.25, 0.3) is 0 Å². The number of hydrogen-bond donors (Lipinski definition) is 5. The Balaban J connectivity index is 3.61. The number of hydrogen-bond acceptors (Lipinski definition) is 6. The molecule has 0 fully saturated rings. The van der Waals surface area contributed by atoms with Crippen molar-refractivity contribution < 1.29 is 30.3 Å². The number of carbonyl (C=O) groups excluding carboxylic acids is 1. The van der Waals surface area contributed by atoms with Crippen LogP contribution >= 0.6 is 0 Å². The topological polar surface area (TPSA) is 118 Å². The standard InChI is InChI=1S/C20H40O6/c1-2-3-4-5-6-7-8-9-10-11-12-13-14-16(22)18(24)20(26)19(25)17(23)15-21/h17-21,23-26H,2-15H2,1H3/t17-,18+,19+,20-/m1/s1. The molecule has 0 amide bonds. The maximum absolute atomic E-state index is 11.8. The summed E-state index contributed by atoms with van der Waals surface area (Å²) in [6.45, 7) is 1.47. The molecule has 6 heteroatoms. The van der Waals surface area contributed by atoms with Gasteiger partial charge < -0.3 is 25.5 Å². The van der Waals surface area contributed by atoms with E-state index in [9.17, 15) is 25.2 Å². The monoisotopic (exact) mass is 376 g/mol. The number of carbonyl (C=O) groups is 1. The van der Waals surface area contributed by atoms with Gasteiger partial charge in [0.2, 0.25) is 0 Å².